The highest BCUT2D eigenvalue weighted by molar-refractivity contribution is 6.35. The minimum atomic E-state index is -0.00497. The van der Waals surface area contributed by atoms with Gasteiger partial charge < -0.3 is 15.5 Å². The molecule has 0 heterocycles. The van der Waals surface area contributed by atoms with Gasteiger partial charge in [-0.2, -0.15) is 0 Å². The van der Waals surface area contributed by atoms with Crippen LogP contribution in [0.4, 0.5) is 11.4 Å². The Bertz CT molecular complexity index is 702. The molecule has 2 aromatic rings. The molecule has 0 aliphatic rings. The quantitative estimate of drug-likeness (QED) is 0.674. The zero-order chi connectivity index (χ0) is 18.2. The fraction of sp³-hybridized carbons (Fsp3) is 0.316. The number of hydrogen-bond donors (Lipinski definition) is 2. The number of nitrogens with zero attached hydrogens (tertiary/aromatic N) is 1. The molecule has 0 saturated carbocycles. The van der Waals surface area contributed by atoms with Gasteiger partial charge in [0.25, 0.3) is 0 Å². The first kappa shape index (κ1) is 19.6. The topological polar surface area (TPSA) is 44.4 Å². The van der Waals surface area contributed by atoms with Gasteiger partial charge in [-0.3, -0.25) is 4.79 Å². The zero-order valence-corrected chi connectivity index (χ0v) is 16.0. The third-order valence-electron chi connectivity index (χ3n) is 3.78. The Morgan fingerprint density at radius 2 is 1.76 bits per heavy atom. The number of nitrogens with one attached hydrogen (secondary N) is 2. The van der Waals surface area contributed by atoms with Crippen LogP contribution in [0.5, 0.6) is 0 Å². The Morgan fingerprint density at radius 3 is 2.40 bits per heavy atom. The molecular weight excluding hydrogens is 357 g/mol. The Morgan fingerprint density at radius 1 is 1.04 bits per heavy atom. The highest BCUT2D eigenvalue weighted by atomic mass is 35.5. The second-order valence-corrected chi connectivity index (χ2v) is 6.82. The average Bonchev–Trinajstić information content (AvgIpc) is 2.56. The number of benzene rings is 2. The molecule has 0 unspecified atom stereocenters. The van der Waals surface area contributed by atoms with E-state index in [9.17, 15) is 4.79 Å². The molecule has 6 heteroatoms. The number of halogens is 2. The smallest absolute Gasteiger partial charge is 0.225 e. The van der Waals surface area contributed by atoms with E-state index < -0.39 is 0 Å². The van der Waals surface area contributed by atoms with Gasteiger partial charge in [0.05, 0.1) is 0 Å². The van der Waals surface area contributed by atoms with Gasteiger partial charge in [0.1, 0.15) is 0 Å². The van der Waals surface area contributed by atoms with Crippen LogP contribution in [0.2, 0.25) is 10.0 Å². The monoisotopic (exact) mass is 379 g/mol. The summed E-state index contributed by atoms with van der Waals surface area (Å²) in [5.41, 5.74) is 2.95. The standard InChI is InChI=1S/C19H23Cl2N3O/c1-24(2)17-7-5-16(6-8-17)23-19(25)10-12-22-11-9-14-3-4-15(20)13-18(14)21/h3-8,13,22H,9-12H2,1-2H3,(H,23,25). The second kappa shape index (κ2) is 9.66. The van der Waals surface area contributed by atoms with E-state index in [-0.39, 0.29) is 5.91 Å². The molecule has 0 atom stereocenters. The Kier molecular flexibility index (Phi) is 7.56. The molecule has 2 N–H and O–H groups in total. The minimum absolute atomic E-state index is 0.00497. The lowest BCUT2D eigenvalue weighted by molar-refractivity contribution is -0.116. The van der Waals surface area contributed by atoms with Crippen molar-refractivity contribution in [3.63, 3.8) is 0 Å². The largest absolute Gasteiger partial charge is 0.378 e. The summed E-state index contributed by atoms with van der Waals surface area (Å²) in [5, 5.41) is 7.47. The van der Waals surface area contributed by atoms with Gasteiger partial charge in [0.2, 0.25) is 5.91 Å². The highest BCUT2D eigenvalue weighted by Gasteiger charge is 2.04. The van der Waals surface area contributed by atoms with Crippen LogP contribution < -0.4 is 15.5 Å². The van der Waals surface area contributed by atoms with Crippen molar-refractivity contribution in [1.29, 1.82) is 0 Å². The molecule has 2 aromatic carbocycles. The molecular formula is C19H23Cl2N3O. The van der Waals surface area contributed by atoms with E-state index >= 15 is 0 Å². The molecule has 0 aromatic heterocycles. The van der Waals surface area contributed by atoms with Crippen LogP contribution >= 0.6 is 23.2 Å². The van der Waals surface area contributed by atoms with Gasteiger partial charge in [0, 0.05) is 48.5 Å². The van der Waals surface area contributed by atoms with E-state index in [4.69, 9.17) is 23.2 Å². The Hall–Kier alpha value is -1.75. The summed E-state index contributed by atoms with van der Waals surface area (Å²) in [7, 11) is 3.97. The van der Waals surface area contributed by atoms with Gasteiger partial charge in [0.15, 0.2) is 0 Å². The van der Waals surface area contributed by atoms with Gasteiger partial charge in [-0.1, -0.05) is 29.3 Å². The summed E-state index contributed by atoms with van der Waals surface area (Å²) in [6, 6.07) is 13.3. The maximum atomic E-state index is 12.0. The number of carbonyl (C=O) groups excluding carboxylic acids is 1. The van der Waals surface area contributed by atoms with Gasteiger partial charge in [-0.25, -0.2) is 0 Å². The molecule has 0 spiro atoms. The van der Waals surface area contributed by atoms with Crippen molar-refractivity contribution in [3.8, 4) is 0 Å². The molecule has 25 heavy (non-hydrogen) atoms. The maximum absolute atomic E-state index is 12.0. The third kappa shape index (κ3) is 6.58. The lowest BCUT2D eigenvalue weighted by Gasteiger charge is -2.13. The predicted molar refractivity (Wildman–Crippen MR) is 107 cm³/mol. The first-order chi connectivity index (χ1) is 12.0. The second-order valence-electron chi connectivity index (χ2n) is 5.98. The van der Waals surface area contributed by atoms with Crippen molar-refractivity contribution in [2.24, 2.45) is 0 Å². The van der Waals surface area contributed by atoms with Crippen LogP contribution in [0.25, 0.3) is 0 Å². The minimum Gasteiger partial charge on any atom is -0.378 e. The normalized spacial score (nSPS) is 10.6. The van der Waals surface area contributed by atoms with Crippen LogP contribution in [0.1, 0.15) is 12.0 Å². The van der Waals surface area contributed by atoms with Crippen LogP contribution in [-0.4, -0.2) is 33.1 Å². The van der Waals surface area contributed by atoms with Crippen molar-refractivity contribution in [2.75, 3.05) is 37.4 Å². The number of rotatable bonds is 8. The Labute approximate surface area is 159 Å². The van der Waals surface area contributed by atoms with E-state index in [1.165, 1.54) is 0 Å². The zero-order valence-electron chi connectivity index (χ0n) is 14.5. The molecule has 4 nitrogen and oxygen atoms in total. The molecule has 0 radical (unpaired) electrons. The SMILES string of the molecule is CN(C)c1ccc(NC(=O)CCNCCc2ccc(Cl)cc2Cl)cc1. The summed E-state index contributed by atoms with van der Waals surface area (Å²) < 4.78 is 0. The van der Waals surface area contributed by atoms with Crippen molar-refractivity contribution in [2.45, 2.75) is 12.8 Å². The fourth-order valence-electron chi connectivity index (χ4n) is 2.34. The maximum Gasteiger partial charge on any atom is 0.225 e. The van der Waals surface area contributed by atoms with E-state index in [2.05, 4.69) is 10.6 Å². The van der Waals surface area contributed by atoms with E-state index in [0.717, 1.165) is 29.9 Å². The van der Waals surface area contributed by atoms with Gasteiger partial charge in [-0.05, 0) is 54.9 Å². The van der Waals surface area contributed by atoms with Gasteiger partial charge >= 0.3 is 0 Å². The number of amides is 1. The number of carbonyl (C=O) groups is 1. The molecule has 0 saturated heterocycles. The molecule has 0 aliphatic heterocycles. The van der Waals surface area contributed by atoms with E-state index in [1.807, 2.05) is 55.4 Å². The fourth-order valence-corrected chi connectivity index (χ4v) is 2.84. The molecule has 0 bridgehead atoms. The predicted octanol–water partition coefficient (Wildman–Crippen LogP) is 4.22. The van der Waals surface area contributed by atoms with Crippen LogP contribution in [0, 0.1) is 0 Å². The van der Waals surface area contributed by atoms with Crippen molar-refractivity contribution in [1.82, 2.24) is 5.32 Å². The van der Waals surface area contributed by atoms with Crippen LogP contribution in [0.3, 0.4) is 0 Å². The van der Waals surface area contributed by atoms with Gasteiger partial charge in [-0.15, -0.1) is 0 Å². The summed E-state index contributed by atoms with van der Waals surface area (Å²) >= 11 is 12.0. The van der Waals surface area contributed by atoms with Crippen molar-refractivity contribution >= 4 is 40.5 Å². The highest BCUT2D eigenvalue weighted by Crippen LogP contribution is 2.21. The first-order valence-electron chi connectivity index (χ1n) is 8.17. The Balaban J connectivity index is 1.66. The average molecular weight is 380 g/mol. The molecule has 1 amide bonds. The summed E-state index contributed by atoms with van der Waals surface area (Å²) in [5.74, 6) is -0.00497. The van der Waals surface area contributed by atoms with Crippen LogP contribution in [0.15, 0.2) is 42.5 Å². The third-order valence-corrected chi connectivity index (χ3v) is 4.37. The van der Waals surface area contributed by atoms with E-state index in [1.54, 1.807) is 6.07 Å². The van der Waals surface area contributed by atoms with Crippen molar-refractivity contribution < 1.29 is 4.79 Å². The first-order valence-corrected chi connectivity index (χ1v) is 8.93. The molecule has 2 rings (SSSR count). The van der Waals surface area contributed by atoms with Crippen LogP contribution in [-0.2, 0) is 11.2 Å². The summed E-state index contributed by atoms with van der Waals surface area (Å²) in [6.07, 6.45) is 1.22. The lowest BCUT2D eigenvalue weighted by atomic mass is 10.1. The lowest BCUT2D eigenvalue weighted by Crippen LogP contribution is -2.23. The molecule has 0 fully saturated rings. The summed E-state index contributed by atoms with van der Waals surface area (Å²) in [6.45, 7) is 1.37. The molecule has 134 valence electrons. The summed E-state index contributed by atoms with van der Waals surface area (Å²) in [4.78, 5) is 14.0. The number of hydrogen-bond acceptors (Lipinski definition) is 3. The van der Waals surface area contributed by atoms with E-state index in [0.29, 0.717) is 23.0 Å². The molecule has 0 aliphatic carbocycles. The number of anilines is 2. The van der Waals surface area contributed by atoms with Crippen molar-refractivity contribution in [3.05, 3.63) is 58.1 Å².